The smallest absolute Gasteiger partial charge is 0.0642 e. The SMILES string of the molecule is CCNCc1cccc(Cl)c1N1CCC(O)CC1. The van der Waals surface area contributed by atoms with Gasteiger partial charge in [0, 0.05) is 19.6 Å². The van der Waals surface area contributed by atoms with Crippen molar-refractivity contribution in [3.8, 4) is 0 Å². The summed E-state index contributed by atoms with van der Waals surface area (Å²) in [6.45, 7) is 5.64. The molecule has 0 bridgehead atoms. The lowest BCUT2D eigenvalue weighted by molar-refractivity contribution is 0.145. The number of para-hydroxylation sites is 1. The highest BCUT2D eigenvalue weighted by Gasteiger charge is 2.21. The monoisotopic (exact) mass is 268 g/mol. The van der Waals surface area contributed by atoms with Crippen LogP contribution in [0.15, 0.2) is 18.2 Å². The first-order valence-electron chi connectivity index (χ1n) is 6.63. The molecule has 0 amide bonds. The first-order chi connectivity index (χ1) is 8.72. The second kappa shape index (κ2) is 6.41. The molecule has 1 saturated heterocycles. The van der Waals surface area contributed by atoms with Gasteiger partial charge < -0.3 is 15.3 Å². The quantitative estimate of drug-likeness (QED) is 0.880. The van der Waals surface area contributed by atoms with Gasteiger partial charge >= 0.3 is 0 Å². The van der Waals surface area contributed by atoms with Crippen LogP contribution in [0.4, 0.5) is 5.69 Å². The van der Waals surface area contributed by atoms with E-state index in [0.29, 0.717) is 0 Å². The molecular formula is C14H21ClN2O. The molecule has 0 unspecified atom stereocenters. The van der Waals surface area contributed by atoms with Crippen molar-refractivity contribution in [2.75, 3.05) is 24.5 Å². The van der Waals surface area contributed by atoms with Crippen molar-refractivity contribution in [2.45, 2.75) is 32.4 Å². The fraction of sp³-hybridized carbons (Fsp3) is 0.571. The van der Waals surface area contributed by atoms with Crippen LogP contribution in [0.5, 0.6) is 0 Å². The Balaban J connectivity index is 2.19. The zero-order chi connectivity index (χ0) is 13.0. The summed E-state index contributed by atoms with van der Waals surface area (Å²) in [7, 11) is 0. The van der Waals surface area contributed by atoms with Gasteiger partial charge in [0.2, 0.25) is 0 Å². The predicted molar refractivity (Wildman–Crippen MR) is 76.3 cm³/mol. The van der Waals surface area contributed by atoms with E-state index < -0.39 is 0 Å². The second-order valence-electron chi connectivity index (χ2n) is 4.75. The van der Waals surface area contributed by atoms with Crippen molar-refractivity contribution < 1.29 is 5.11 Å². The highest BCUT2D eigenvalue weighted by molar-refractivity contribution is 6.33. The molecule has 2 rings (SSSR count). The van der Waals surface area contributed by atoms with Crippen LogP contribution in [-0.4, -0.2) is 30.8 Å². The molecule has 1 heterocycles. The van der Waals surface area contributed by atoms with Crippen LogP contribution in [0.1, 0.15) is 25.3 Å². The van der Waals surface area contributed by atoms with Crippen LogP contribution < -0.4 is 10.2 Å². The summed E-state index contributed by atoms with van der Waals surface area (Å²) in [4.78, 5) is 2.29. The fourth-order valence-corrected chi connectivity index (χ4v) is 2.72. The van der Waals surface area contributed by atoms with Gasteiger partial charge in [-0.3, -0.25) is 0 Å². The molecule has 0 radical (unpaired) electrons. The van der Waals surface area contributed by atoms with Crippen LogP contribution in [0, 0.1) is 0 Å². The van der Waals surface area contributed by atoms with Gasteiger partial charge in [0.05, 0.1) is 16.8 Å². The summed E-state index contributed by atoms with van der Waals surface area (Å²) >= 11 is 6.35. The molecule has 1 fully saturated rings. The summed E-state index contributed by atoms with van der Waals surface area (Å²) in [5, 5.41) is 13.7. The molecule has 18 heavy (non-hydrogen) atoms. The Morgan fingerprint density at radius 3 is 2.78 bits per heavy atom. The molecule has 4 heteroatoms. The van der Waals surface area contributed by atoms with E-state index in [2.05, 4.69) is 23.2 Å². The molecule has 3 nitrogen and oxygen atoms in total. The molecule has 2 N–H and O–H groups in total. The van der Waals surface area contributed by atoms with Gasteiger partial charge in [-0.15, -0.1) is 0 Å². The summed E-state index contributed by atoms with van der Waals surface area (Å²) in [6, 6.07) is 6.06. The van der Waals surface area contributed by atoms with Crippen LogP contribution in [0.25, 0.3) is 0 Å². The van der Waals surface area contributed by atoms with Crippen molar-refractivity contribution in [3.63, 3.8) is 0 Å². The van der Waals surface area contributed by atoms with E-state index >= 15 is 0 Å². The third-order valence-corrected chi connectivity index (χ3v) is 3.72. The molecule has 0 aromatic heterocycles. The lowest BCUT2D eigenvalue weighted by atomic mass is 10.0. The molecule has 1 aliphatic heterocycles. The van der Waals surface area contributed by atoms with Crippen molar-refractivity contribution in [1.29, 1.82) is 0 Å². The van der Waals surface area contributed by atoms with Gasteiger partial charge in [-0.1, -0.05) is 30.7 Å². The zero-order valence-electron chi connectivity index (χ0n) is 10.8. The van der Waals surface area contributed by atoms with Gasteiger partial charge in [0.25, 0.3) is 0 Å². The Bertz CT molecular complexity index is 389. The molecule has 1 aliphatic rings. The van der Waals surface area contributed by atoms with Crippen molar-refractivity contribution in [1.82, 2.24) is 5.32 Å². The maximum absolute atomic E-state index is 9.58. The predicted octanol–water partition coefficient (Wildman–Crippen LogP) is 2.41. The Morgan fingerprint density at radius 2 is 2.11 bits per heavy atom. The number of anilines is 1. The average Bonchev–Trinajstić information content (AvgIpc) is 2.38. The van der Waals surface area contributed by atoms with Gasteiger partial charge in [-0.05, 0) is 31.0 Å². The Kier molecular flexibility index (Phi) is 4.87. The molecular weight excluding hydrogens is 248 g/mol. The number of piperidine rings is 1. The first kappa shape index (κ1) is 13.7. The van der Waals surface area contributed by atoms with E-state index in [1.165, 1.54) is 5.56 Å². The molecule has 0 aliphatic carbocycles. The van der Waals surface area contributed by atoms with E-state index in [0.717, 1.165) is 49.7 Å². The van der Waals surface area contributed by atoms with Crippen LogP contribution >= 0.6 is 11.6 Å². The van der Waals surface area contributed by atoms with E-state index in [4.69, 9.17) is 11.6 Å². The number of nitrogens with zero attached hydrogens (tertiary/aromatic N) is 1. The Labute approximate surface area is 114 Å². The number of halogens is 1. The molecule has 1 aromatic rings. The highest BCUT2D eigenvalue weighted by atomic mass is 35.5. The average molecular weight is 269 g/mol. The minimum Gasteiger partial charge on any atom is -0.393 e. The minimum absolute atomic E-state index is 0.152. The van der Waals surface area contributed by atoms with Gasteiger partial charge in [-0.25, -0.2) is 0 Å². The first-order valence-corrected chi connectivity index (χ1v) is 7.01. The molecule has 0 saturated carbocycles. The zero-order valence-corrected chi connectivity index (χ0v) is 11.6. The number of hydrogen-bond donors (Lipinski definition) is 2. The second-order valence-corrected chi connectivity index (χ2v) is 5.15. The topological polar surface area (TPSA) is 35.5 Å². The van der Waals surface area contributed by atoms with Crippen molar-refractivity contribution in [2.24, 2.45) is 0 Å². The largest absolute Gasteiger partial charge is 0.393 e. The third kappa shape index (κ3) is 3.16. The van der Waals surface area contributed by atoms with Crippen LogP contribution in [0.3, 0.4) is 0 Å². The molecule has 0 atom stereocenters. The van der Waals surface area contributed by atoms with Gasteiger partial charge in [-0.2, -0.15) is 0 Å². The molecule has 0 spiro atoms. The number of nitrogens with one attached hydrogen (secondary N) is 1. The highest BCUT2D eigenvalue weighted by Crippen LogP contribution is 2.32. The minimum atomic E-state index is -0.152. The van der Waals surface area contributed by atoms with E-state index in [9.17, 15) is 5.11 Å². The van der Waals surface area contributed by atoms with Gasteiger partial charge in [0.15, 0.2) is 0 Å². The summed E-state index contributed by atoms with van der Waals surface area (Å²) in [5.41, 5.74) is 2.37. The molecule has 1 aromatic carbocycles. The lowest BCUT2D eigenvalue weighted by Gasteiger charge is -2.33. The number of aliphatic hydroxyl groups is 1. The van der Waals surface area contributed by atoms with E-state index in [-0.39, 0.29) is 6.10 Å². The van der Waals surface area contributed by atoms with E-state index in [1.54, 1.807) is 0 Å². The maximum atomic E-state index is 9.58. The van der Waals surface area contributed by atoms with Crippen LogP contribution in [0.2, 0.25) is 5.02 Å². The summed E-state index contributed by atoms with van der Waals surface area (Å²) in [5.74, 6) is 0. The Morgan fingerprint density at radius 1 is 1.39 bits per heavy atom. The number of rotatable bonds is 4. The van der Waals surface area contributed by atoms with Crippen molar-refractivity contribution >= 4 is 17.3 Å². The number of aliphatic hydroxyl groups excluding tert-OH is 1. The maximum Gasteiger partial charge on any atom is 0.0642 e. The lowest BCUT2D eigenvalue weighted by Crippen LogP contribution is -2.36. The fourth-order valence-electron chi connectivity index (χ4n) is 2.41. The Hall–Kier alpha value is -0.770. The summed E-state index contributed by atoms with van der Waals surface area (Å²) < 4.78 is 0. The van der Waals surface area contributed by atoms with E-state index in [1.807, 2.05) is 12.1 Å². The standard InChI is InChI=1S/C14H21ClN2O/c1-2-16-10-11-4-3-5-13(15)14(11)17-8-6-12(18)7-9-17/h3-5,12,16,18H,2,6-10H2,1H3. The van der Waals surface area contributed by atoms with Crippen molar-refractivity contribution in [3.05, 3.63) is 28.8 Å². The normalized spacial score (nSPS) is 17.2. The summed E-state index contributed by atoms with van der Waals surface area (Å²) in [6.07, 6.45) is 1.50. The third-order valence-electron chi connectivity index (χ3n) is 3.42. The number of benzene rings is 1. The van der Waals surface area contributed by atoms with Crippen LogP contribution in [-0.2, 0) is 6.54 Å². The molecule has 100 valence electrons. The number of hydrogen-bond acceptors (Lipinski definition) is 3. The van der Waals surface area contributed by atoms with Gasteiger partial charge in [0.1, 0.15) is 0 Å².